The molecule has 2 amide bonds. The van der Waals surface area contributed by atoms with Crippen molar-refractivity contribution >= 4 is 29.3 Å². The summed E-state index contributed by atoms with van der Waals surface area (Å²) in [5, 5.41) is 5.12. The molecule has 8 heteroatoms. The van der Waals surface area contributed by atoms with Gasteiger partial charge in [0.25, 0.3) is 11.7 Å². The largest absolute Gasteiger partial charge is 0.343 e. The standard InChI is InChI=1S/C18H19F2N3O2S/c1-10-7-11(2)15(12(3)8-10)23-14(24)9-22-16(25)13-5-4-6-21-17(13)26-18(19)20/h4-8,18H,9H2,1-3H3,(H,22,25)(H,23,24). The van der Waals surface area contributed by atoms with Crippen molar-refractivity contribution in [2.45, 2.75) is 31.6 Å². The van der Waals surface area contributed by atoms with E-state index in [1.165, 1.54) is 18.3 Å². The predicted octanol–water partition coefficient (Wildman–Crippen LogP) is 3.69. The van der Waals surface area contributed by atoms with Gasteiger partial charge in [-0.05, 0) is 55.8 Å². The molecule has 0 saturated heterocycles. The number of alkyl halides is 2. The third-order valence-corrected chi connectivity index (χ3v) is 4.29. The van der Waals surface area contributed by atoms with Crippen molar-refractivity contribution in [3.8, 4) is 0 Å². The summed E-state index contributed by atoms with van der Waals surface area (Å²) >= 11 is 0.190. The number of anilines is 1. The number of benzene rings is 1. The number of aryl methyl sites for hydroxylation is 3. The highest BCUT2D eigenvalue weighted by atomic mass is 32.2. The van der Waals surface area contributed by atoms with E-state index in [4.69, 9.17) is 0 Å². The molecule has 1 aromatic heterocycles. The molecule has 0 atom stereocenters. The molecule has 0 aliphatic heterocycles. The Morgan fingerprint density at radius 1 is 1.19 bits per heavy atom. The molecule has 2 aromatic rings. The molecular formula is C18H19F2N3O2S. The summed E-state index contributed by atoms with van der Waals surface area (Å²) in [5.41, 5.74) is 3.64. The smallest absolute Gasteiger partial charge is 0.290 e. The van der Waals surface area contributed by atoms with E-state index < -0.39 is 17.6 Å². The van der Waals surface area contributed by atoms with Crippen molar-refractivity contribution < 1.29 is 18.4 Å². The van der Waals surface area contributed by atoms with Crippen molar-refractivity contribution in [3.05, 3.63) is 52.7 Å². The van der Waals surface area contributed by atoms with Crippen LogP contribution in [-0.2, 0) is 4.79 Å². The van der Waals surface area contributed by atoms with E-state index in [2.05, 4.69) is 15.6 Å². The first kappa shape index (κ1) is 19.8. The highest BCUT2D eigenvalue weighted by Gasteiger charge is 2.17. The summed E-state index contributed by atoms with van der Waals surface area (Å²) in [4.78, 5) is 28.1. The molecule has 1 aromatic carbocycles. The Labute approximate surface area is 154 Å². The summed E-state index contributed by atoms with van der Waals surface area (Å²) in [7, 11) is 0. The van der Waals surface area contributed by atoms with Gasteiger partial charge in [0.1, 0.15) is 5.03 Å². The van der Waals surface area contributed by atoms with Crippen LogP contribution in [0, 0.1) is 20.8 Å². The summed E-state index contributed by atoms with van der Waals surface area (Å²) in [5.74, 6) is -3.72. The molecule has 0 aliphatic carbocycles. The van der Waals surface area contributed by atoms with Gasteiger partial charge in [-0.2, -0.15) is 8.78 Å². The fourth-order valence-electron chi connectivity index (χ4n) is 2.56. The molecule has 138 valence electrons. The number of hydrogen-bond donors (Lipinski definition) is 2. The zero-order chi connectivity index (χ0) is 19.3. The number of carbonyl (C=O) groups is 2. The van der Waals surface area contributed by atoms with Gasteiger partial charge in [0.15, 0.2) is 0 Å². The molecule has 0 radical (unpaired) electrons. The Hall–Kier alpha value is -2.48. The average molecular weight is 379 g/mol. The van der Waals surface area contributed by atoms with Crippen LogP contribution in [0.3, 0.4) is 0 Å². The monoisotopic (exact) mass is 379 g/mol. The molecular weight excluding hydrogens is 360 g/mol. The Bertz CT molecular complexity index is 805. The fourth-order valence-corrected chi connectivity index (χ4v) is 3.14. The second-order valence-electron chi connectivity index (χ2n) is 5.74. The van der Waals surface area contributed by atoms with Crippen LogP contribution in [0.15, 0.2) is 35.5 Å². The molecule has 5 nitrogen and oxygen atoms in total. The van der Waals surface area contributed by atoms with Gasteiger partial charge in [0.05, 0.1) is 12.1 Å². The van der Waals surface area contributed by atoms with Crippen LogP contribution in [-0.4, -0.2) is 29.1 Å². The Balaban J connectivity index is 2.01. The maximum Gasteiger partial charge on any atom is 0.290 e. The van der Waals surface area contributed by atoms with E-state index in [9.17, 15) is 18.4 Å². The van der Waals surface area contributed by atoms with Gasteiger partial charge in [-0.15, -0.1) is 0 Å². The van der Waals surface area contributed by atoms with E-state index in [-0.39, 0.29) is 28.9 Å². The minimum atomic E-state index is -2.69. The number of nitrogens with one attached hydrogen (secondary N) is 2. The molecule has 0 bridgehead atoms. The van der Waals surface area contributed by atoms with E-state index >= 15 is 0 Å². The number of thioether (sulfide) groups is 1. The lowest BCUT2D eigenvalue weighted by molar-refractivity contribution is -0.115. The Kier molecular flexibility index (Phi) is 6.68. The van der Waals surface area contributed by atoms with Crippen LogP contribution >= 0.6 is 11.8 Å². The van der Waals surface area contributed by atoms with Gasteiger partial charge < -0.3 is 10.6 Å². The van der Waals surface area contributed by atoms with Crippen molar-refractivity contribution in [1.29, 1.82) is 0 Å². The summed E-state index contributed by atoms with van der Waals surface area (Å²) in [6, 6.07) is 6.76. The van der Waals surface area contributed by atoms with Crippen molar-refractivity contribution in [2.75, 3.05) is 11.9 Å². The normalized spacial score (nSPS) is 10.7. The number of rotatable bonds is 6. The third kappa shape index (κ3) is 5.26. The topological polar surface area (TPSA) is 71.1 Å². The summed E-state index contributed by atoms with van der Waals surface area (Å²) in [6.45, 7) is 5.46. The minimum Gasteiger partial charge on any atom is -0.343 e. The van der Waals surface area contributed by atoms with Gasteiger partial charge in [-0.25, -0.2) is 4.98 Å². The van der Waals surface area contributed by atoms with Gasteiger partial charge in [0.2, 0.25) is 5.91 Å². The zero-order valence-electron chi connectivity index (χ0n) is 14.6. The molecule has 2 rings (SSSR count). The highest BCUT2D eigenvalue weighted by molar-refractivity contribution is 7.99. The zero-order valence-corrected chi connectivity index (χ0v) is 15.4. The van der Waals surface area contributed by atoms with Crippen LogP contribution in [0.2, 0.25) is 0 Å². The molecule has 2 N–H and O–H groups in total. The molecule has 0 unspecified atom stereocenters. The second-order valence-corrected chi connectivity index (χ2v) is 6.72. The Morgan fingerprint density at radius 3 is 2.46 bits per heavy atom. The number of halogens is 2. The van der Waals surface area contributed by atoms with E-state index in [0.29, 0.717) is 5.69 Å². The first-order valence-corrected chi connectivity index (χ1v) is 8.71. The minimum absolute atomic E-state index is 0.00768. The van der Waals surface area contributed by atoms with Crippen LogP contribution in [0.4, 0.5) is 14.5 Å². The van der Waals surface area contributed by atoms with E-state index in [1.807, 2.05) is 32.9 Å². The number of aromatic nitrogens is 1. The molecule has 0 saturated carbocycles. The lowest BCUT2D eigenvalue weighted by atomic mass is 10.1. The second kappa shape index (κ2) is 8.75. The first-order chi connectivity index (χ1) is 12.3. The van der Waals surface area contributed by atoms with E-state index in [1.54, 1.807) is 0 Å². The Morgan fingerprint density at radius 2 is 1.85 bits per heavy atom. The van der Waals surface area contributed by atoms with Gasteiger partial charge in [0, 0.05) is 11.9 Å². The number of pyridine rings is 1. The quantitative estimate of drug-likeness (QED) is 0.751. The number of carbonyl (C=O) groups excluding carboxylic acids is 2. The van der Waals surface area contributed by atoms with Crippen LogP contribution in [0.1, 0.15) is 27.0 Å². The number of hydrogen-bond acceptors (Lipinski definition) is 4. The third-order valence-electron chi connectivity index (χ3n) is 3.57. The number of amides is 2. The van der Waals surface area contributed by atoms with Gasteiger partial charge in [-0.3, -0.25) is 9.59 Å². The maximum atomic E-state index is 12.6. The fraction of sp³-hybridized carbons (Fsp3) is 0.278. The molecule has 0 spiro atoms. The molecule has 0 fully saturated rings. The lowest BCUT2D eigenvalue weighted by Gasteiger charge is -2.13. The summed E-state index contributed by atoms with van der Waals surface area (Å²) in [6.07, 6.45) is 1.33. The van der Waals surface area contributed by atoms with Crippen LogP contribution in [0.5, 0.6) is 0 Å². The van der Waals surface area contributed by atoms with E-state index in [0.717, 1.165) is 16.7 Å². The molecule has 1 heterocycles. The first-order valence-electron chi connectivity index (χ1n) is 7.83. The van der Waals surface area contributed by atoms with Crippen molar-refractivity contribution in [2.24, 2.45) is 0 Å². The van der Waals surface area contributed by atoms with Gasteiger partial charge >= 0.3 is 0 Å². The van der Waals surface area contributed by atoms with Crippen molar-refractivity contribution in [1.82, 2.24) is 10.3 Å². The van der Waals surface area contributed by atoms with Gasteiger partial charge in [-0.1, -0.05) is 17.7 Å². The lowest BCUT2D eigenvalue weighted by Crippen LogP contribution is -2.33. The predicted molar refractivity (Wildman–Crippen MR) is 97.7 cm³/mol. The molecule has 26 heavy (non-hydrogen) atoms. The summed E-state index contributed by atoms with van der Waals surface area (Å²) < 4.78 is 25.1. The average Bonchev–Trinajstić information content (AvgIpc) is 2.56. The van der Waals surface area contributed by atoms with Crippen LogP contribution < -0.4 is 10.6 Å². The maximum absolute atomic E-state index is 12.6. The SMILES string of the molecule is Cc1cc(C)c(NC(=O)CNC(=O)c2cccnc2SC(F)F)c(C)c1. The van der Waals surface area contributed by atoms with Crippen molar-refractivity contribution in [3.63, 3.8) is 0 Å². The molecule has 0 aliphatic rings. The van der Waals surface area contributed by atoms with Crippen LogP contribution in [0.25, 0.3) is 0 Å². The highest BCUT2D eigenvalue weighted by Crippen LogP contribution is 2.26. The number of nitrogens with zero attached hydrogens (tertiary/aromatic N) is 1.